The molecular weight excluding hydrogens is 374 g/mol. The third kappa shape index (κ3) is 4.19. The Balaban J connectivity index is 1.49. The van der Waals surface area contributed by atoms with E-state index in [9.17, 15) is 9.90 Å². The molecule has 0 saturated heterocycles. The highest BCUT2D eigenvalue weighted by molar-refractivity contribution is 5.96. The molecule has 2 N–H and O–H groups in total. The number of carbonyl (C=O) groups is 1. The van der Waals surface area contributed by atoms with Gasteiger partial charge in [0.2, 0.25) is 0 Å². The lowest BCUT2D eigenvalue weighted by molar-refractivity contribution is 0.0916. The zero-order valence-electron chi connectivity index (χ0n) is 16.7. The highest BCUT2D eigenvalue weighted by Crippen LogP contribution is 2.30. The van der Waals surface area contributed by atoms with Gasteiger partial charge in [0.25, 0.3) is 5.91 Å². The molecule has 4 heteroatoms. The van der Waals surface area contributed by atoms with Crippen molar-refractivity contribution in [2.75, 3.05) is 13.7 Å². The summed E-state index contributed by atoms with van der Waals surface area (Å²) in [6.07, 6.45) is -0.787. The Kier molecular flexibility index (Phi) is 5.77. The van der Waals surface area contributed by atoms with Gasteiger partial charge in [0.1, 0.15) is 5.75 Å². The largest absolute Gasteiger partial charge is 0.496 e. The number of carbonyl (C=O) groups excluding carboxylic acids is 1. The summed E-state index contributed by atoms with van der Waals surface area (Å²) in [6.45, 7) is 0.129. The van der Waals surface area contributed by atoms with E-state index in [2.05, 4.69) is 5.32 Å². The minimum atomic E-state index is -0.787. The van der Waals surface area contributed by atoms with Crippen LogP contribution in [0.3, 0.4) is 0 Å². The number of nitrogens with one attached hydrogen (secondary N) is 1. The number of hydrogen-bond acceptors (Lipinski definition) is 3. The van der Waals surface area contributed by atoms with Crippen molar-refractivity contribution < 1.29 is 14.6 Å². The minimum absolute atomic E-state index is 0.129. The Hall–Kier alpha value is -3.63. The van der Waals surface area contributed by atoms with Crippen LogP contribution in [0.4, 0.5) is 0 Å². The third-order valence-corrected chi connectivity index (χ3v) is 5.16. The minimum Gasteiger partial charge on any atom is -0.496 e. The van der Waals surface area contributed by atoms with Gasteiger partial charge in [-0.25, -0.2) is 0 Å². The fraction of sp³-hybridized carbons (Fsp3) is 0.115. The number of fused-ring (bicyclic) bond motifs is 1. The van der Waals surface area contributed by atoms with Crippen molar-refractivity contribution in [3.63, 3.8) is 0 Å². The summed E-state index contributed by atoms with van der Waals surface area (Å²) in [5.74, 6) is 0.462. The Labute approximate surface area is 175 Å². The van der Waals surface area contributed by atoms with Crippen molar-refractivity contribution in [3.8, 4) is 16.9 Å². The average molecular weight is 397 g/mol. The third-order valence-electron chi connectivity index (χ3n) is 5.16. The molecule has 0 heterocycles. The quantitative estimate of drug-likeness (QED) is 0.482. The van der Waals surface area contributed by atoms with E-state index in [0.29, 0.717) is 11.3 Å². The lowest BCUT2D eigenvalue weighted by atomic mass is 10.0. The van der Waals surface area contributed by atoms with E-state index in [1.54, 1.807) is 19.2 Å². The van der Waals surface area contributed by atoms with Gasteiger partial charge < -0.3 is 15.2 Å². The van der Waals surface area contributed by atoms with Crippen molar-refractivity contribution in [2.24, 2.45) is 0 Å². The zero-order valence-corrected chi connectivity index (χ0v) is 16.7. The summed E-state index contributed by atoms with van der Waals surface area (Å²) in [7, 11) is 1.61. The van der Waals surface area contributed by atoms with E-state index < -0.39 is 6.10 Å². The highest BCUT2D eigenvalue weighted by Gasteiger charge is 2.14. The molecule has 4 aromatic rings. The second kappa shape index (κ2) is 8.80. The molecule has 0 fully saturated rings. The normalized spacial score (nSPS) is 11.8. The predicted octanol–water partition coefficient (Wildman–Crippen LogP) is 4.98. The highest BCUT2D eigenvalue weighted by atomic mass is 16.5. The van der Waals surface area contributed by atoms with Gasteiger partial charge in [0.05, 0.1) is 13.2 Å². The second-order valence-corrected chi connectivity index (χ2v) is 7.11. The molecule has 0 aromatic heterocycles. The summed E-state index contributed by atoms with van der Waals surface area (Å²) in [4.78, 5) is 12.7. The van der Waals surface area contributed by atoms with Crippen LogP contribution in [-0.2, 0) is 0 Å². The van der Waals surface area contributed by atoms with Crippen LogP contribution in [-0.4, -0.2) is 24.7 Å². The molecule has 4 aromatic carbocycles. The zero-order chi connectivity index (χ0) is 20.9. The molecule has 0 spiro atoms. The van der Waals surface area contributed by atoms with Crippen LogP contribution in [0.25, 0.3) is 21.9 Å². The lowest BCUT2D eigenvalue weighted by Gasteiger charge is -2.14. The van der Waals surface area contributed by atoms with E-state index in [4.69, 9.17) is 4.74 Å². The maximum Gasteiger partial charge on any atom is 0.251 e. The summed E-state index contributed by atoms with van der Waals surface area (Å²) < 4.78 is 5.45. The van der Waals surface area contributed by atoms with Crippen LogP contribution in [0.2, 0.25) is 0 Å². The van der Waals surface area contributed by atoms with Crippen molar-refractivity contribution in [3.05, 3.63) is 102 Å². The number of benzene rings is 4. The lowest BCUT2D eigenvalue weighted by Crippen LogP contribution is -2.28. The molecule has 4 rings (SSSR count). The van der Waals surface area contributed by atoms with E-state index >= 15 is 0 Å². The number of amides is 1. The average Bonchev–Trinajstić information content (AvgIpc) is 2.82. The van der Waals surface area contributed by atoms with Crippen molar-refractivity contribution in [1.82, 2.24) is 5.32 Å². The summed E-state index contributed by atoms with van der Waals surface area (Å²) >= 11 is 0. The molecule has 4 nitrogen and oxygen atoms in total. The number of hydrogen-bond donors (Lipinski definition) is 2. The Bertz CT molecular complexity index is 1170. The van der Waals surface area contributed by atoms with Crippen LogP contribution < -0.4 is 10.1 Å². The molecule has 0 aliphatic carbocycles. The van der Waals surface area contributed by atoms with Crippen molar-refractivity contribution >= 4 is 16.7 Å². The first kappa shape index (κ1) is 19.7. The Morgan fingerprint density at radius 2 is 1.63 bits per heavy atom. The molecular formula is C26H23NO3. The molecule has 0 radical (unpaired) electrons. The molecule has 0 aliphatic rings. The molecule has 0 saturated carbocycles. The molecule has 0 aliphatic heterocycles. The Morgan fingerprint density at radius 1 is 0.900 bits per heavy atom. The monoisotopic (exact) mass is 397 g/mol. The smallest absolute Gasteiger partial charge is 0.251 e. The predicted molar refractivity (Wildman–Crippen MR) is 120 cm³/mol. The first-order valence-corrected chi connectivity index (χ1v) is 9.84. The molecule has 30 heavy (non-hydrogen) atoms. The summed E-state index contributed by atoms with van der Waals surface area (Å²) in [6, 6.07) is 28.9. The molecule has 1 amide bonds. The number of aliphatic hydroxyl groups excluding tert-OH is 1. The standard InChI is InChI=1S/C26H23NO3/c1-30-25-14-13-22(16-23(25)19-8-3-2-4-9-19)26(29)27-17-24(28)21-12-11-18-7-5-6-10-20(18)15-21/h2-16,24,28H,17H2,1H3,(H,27,29). The van der Waals surface area contributed by atoms with Gasteiger partial charge in [-0.3, -0.25) is 4.79 Å². The van der Waals surface area contributed by atoms with Crippen molar-refractivity contribution in [1.29, 1.82) is 0 Å². The molecule has 1 atom stereocenters. The van der Waals surface area contributed by atoms with Gasteiger partial charge in [-0.15, -0.1) is 0 Å². The fourth-order valence-corrected chi connectivity index (χ4v) is 3.52. The van der Waals surface area contributed by atoms with Crippen LogP contribution in [0.5, 0.6) is 5.75 Å². The molecule has 0 bridgehead atoms. The van der Waals surface area contributed by atoms with E-state index in [1.807, 2.05) is 78.9 Å². The van der Waals surface area contributed by atoms with E-state index in [0.717, 1.165) is 27.5 Å². The van der Waals surface area contributed by atoms with Crippen LogP contribution in [0.1, 0.15) is 22.0 Å². The van der Waals surface area contributed by atoms with Gasteiger partial charge in [0, 0.05) is 17.7 Å². The fourth-order valence-electron chi connectivity index (χ4n) is 3.52. The Morgan fingerprint density at radius 3 is 2.40 bits per heavy atom. The van der Waals surface area contributed by atoms with Crippen LogP contribution in [0.15, 0.2) is 91.0 Å². The molecule has 1 unspecified atom stereocenters. The number of aliphatic hydroxyl groups is 1. The maximum atomic E-state index is 12.7. The second-order valence-electron chi connectivity index (χ2n) is 7.11. The van der Waals surface area contributed by atoms with Gasteiger partial charge >= 0.3 is 0 Å². The van der Waals surface area contributed by atoms with E-state index in [-0.39, 0.29) is 12.5 Å². The number of methoxy groups -OCH3 is 1. The van der Waals surface area contributed by atoms with E-state index in [1.165, 1.54) is 0 Å². The van der Waals surface area contributed by atoms with Gasteiger partial charge in [0.15, 0.2) is 0 Å². The molecule has 150 valence electrons. The van der Waals surface area contributed by atoms with Gasteiger partial charge in [-0.05, 0) is 46.2 Å². The van der Waals surface area contributed by atoms with Crippen LogP contribution in [0, 0.1) is 0 Å². The number of rotatable bonds is 6. The topological polar surface area (TPSA) is 58.6 Å². The van der Waals surface area contributed by atoms with Crippen LogP contribution >= 0.6 is 0 Å². The first-order chi connectivity index (χ1) is 14.7. The van der Waals surface area contributed by atoms with Gasteiger partial charge in [-0.2, -0.15) is 0 Å². The SMILES string of the molecule is COc1ccc(C(=O)NCC(O)c2ccc3ccccc3c2)cc1-c1ccccc1. The summed E-state index contributed by atoms with van der Waals surface area (Å²) in [5.41, 5.74) is 3.11. The maximum absolute atomic E-state index is 12.7. The van der Waals surface area contributed by atoms with Gasteiger partial charge in [-0.1, -0.05) is 66.7 Å². The number of ether oxygens (including phenoxy) is 1. The van der Waals surface area contributed by atoms with Crippen molar-refractivity contribution in [2.45, 2.75) is 6.10 Å². The summed E-state index contributed by atoms with van der Waals surface area (Å²) in [5, 5.41) is 15.6. The first-order valence-electron chi connectivity index (χ1n) is 9.84.